The number of aromatic nitrogens is 3. The van der Waals surface area contributed by atoms with Gasteiger partial charge in [0.1, 0.15) is 6.04 Å². The molecular weight excluding hydrogens is 346 g/mol. The van der Waals surface area contributed by atoms with Crippen LogP contribution in [0.15, 0.2) is 30.3 Å². The van der Waals surface area contributed by atoms with E-state index < -0.39 is 0 Å². The summed E-state index contributed by atoms with van der Waals surface area (Å²) < 4.78 is 0. The van der Waals surface area contributed by atoms with Gasteiger partial charge in [-0.1, -0.05) is 41.7 Å². The molecule has 0 spiro atoms. The molecule has 1 N–H and O–H groups in total. The Hall–Kier alpha value is -2.54. The first-order valence-electron chi connectivity index (χ1n) is 8.82. The Morgan fingerprint density at radius 2 is 1.96 bits per heavy atom. The molecule has 1 amide bonds. The van der Waals surface area contributed by atoms with E-state index >= 15 is 0 Å². The first-order chi connectivity index (χ1) is 12.6. The standard InChI is InChI=1S/C19H21N5OS/c1-12-13(2)22-18-16(21-12)23-19(26-18)24-10-6-9-15(24)17(25)20-11-14-7-4-3-5-8-14/h3-5,7-8,15H,6,9-11H2,1-2H3,(H,20,25)/t15-/m1/s1. The van der Waals surface area contributed by atoms with Crippen LogP contribution >= 0.6 is 11.3 Å². The van der Waals surface area contributed by atoms with Gasteiger partial charge in [-0.3, -0.25) is 4.79 Å². The van der Waals surface area contributed by atoms with Crippen LogP contribution in [0.1, 0.15) is 29.8 Å². The van der Waals surface area contributed by atoms with E-state index in [9.17, 15) is 4.79 Å². The highest BCUT2D eigenvalue weighted by Crippen LogP contribution is 2.32. The summed E-state index contributed by atoms with van der Waals surface area (Å²) in [5.41, 5.74) is 3.59. The third-order valence-electron chi connectivity index (χ3n) is 4.76. The average molecular weight is 367 g/mol. The lowest BCUT2D eigenvalue weighted by Gasteiger charge is -2.23. The average Bonchev–Trinajstić information content (AvgIpc) is 3.27. The molecule has 3 heterocycles. The van der Waals surface area contributed by atoms with Crippen molar-refractivity contribution in [1.29, 1.82) is 0 Å². The first kappa shape index (κ1) is 16.9. The molecule has 1 saturated heterocycles. The molecule has 26 heavy (non-hydrogen) atoms. The summed E-state index contributed by atoms with van der Waals surface area (Å²) in [6.07, 6.45) is 1.83. The Balaban J connectivity index is 1.51. The highest BCUT2D eigenvalue weighted by Gasteiger charge is 2.32. The Morgan fingerprint density at radius 3 is 2.77 bits per heavy atom. The minimum Gasteiger partial charge on any atom is -0.350 e. The van der Waals surface area contributed by atoms with E-state index in [0.717, 1.165) is 46.3 Å². The molecule has 0 radical (unpaired) electrons. The summed E-state index contributed by atoms with van der Waals surface area (Å²) >= 11 is 1.51. The number of hydrogen-bond acceptors (Lipinski definition) is 6. The molecule has 3 aromatic rings. The zero-order valence-electron chi connectivity index (χ0n) is 14.9. The summed E-state index contributed by atoms with van der Waals surface area (Å²) in [4.78, 5) is 29.4. The summed E-state index contributed by atoms with van der Waals surface area (Å²) in [6.45, 7) is 5.28. The number of carbonyl (C=O) groups excluding carboxylic acids is 1. The van der Waals surface area contributed by atoms with Crippen molar-refractivity contribution in [3.05, 3.63) is 47.3 Å². The molecule has 0 bridgehead atoms. The second kappa shape index (κ2) is 6.99. The van der Waals surface area contributed by atoms with Crippen LogP contribution in [0, 0.1) is 13.8 Å². The fourth-order valence-electron chi connectivity index (χ4n) is 3.21. The monoisotopic (exact) mass is 367 g/mol. The van der Waals surface area contributed by atoms with Gasteiger partial charge in [-0.15, -0.1) is 0 Å². The zero-order valence-corrected chi connectivity index (χ0v) is 15.7. The van der Waals surface area contributed by atoms with Gasteiger partial charge in [0.2, 0.25) is 5.91 Å². The highest BCUT2D eigenvalue weighted by atomic mass is 32.1. The van der Waals surface area contributed by atoms with E-state index in [0.29, 0.717) is 12.2 Å². The van der Waals surface area contributed by atoms with Gasteiger partial charge >= 0.3 is 0 Å². The van der Waals surface area contributed by atoms with Gasteiger partial charge in [-0.05, 0) is 32.3 Å². The molecular formula is C19H21N5OS. The molecule has 2 aromatic heterocycles. The summed E-state index contributed by atoms with van der Waals surface area (Å²) in [5.74, 6) is 0.0545. The van der Waals surface area contributed by atoms with Gasteiger partial charge in [-0.25, -0.2) is 9.97 Å². The number of nitrogens with zero attached hydrogens (tertiary/aromatic N) is 4. The molecule has 0 unspecified atom stereocenters. The number of hydrogen-bond donors (Lipinski definition) is 1. The summed E-state index contributed by atoms with van der Waals surface area (Å²) in [5, 5.41) is 3.89. The van der Waals surface area contributed by atoms with E-state index in [2.05, 4.69) is 25.2 Å². The van der Waals surface area contributed by atoms with Crippen molar-refractivity contribution >= 4 is 32.9 Å². The maximum atomic E-state index is 12.7. The van der Waals surface area contributed by atoms with Gasteiger partial charge in [0.25, 0.3) is 0 Å². The van der Waals surface area contributed by atoms with Gasteiger partial charge in [-0.2, -0.15) is 4.98 Å². The van der Waals surface area contributed by atoms with Crippen molar-refractivity contribution in [3.63, 3.8) is 0 Å². The molecule has 1 aromatic carbocycles. The topological polar surface area (TPSA) is 71.0 Å². The van der Waals surface area contributed by atoms with E-state index in [-0.39, 0.29) is 11.9 Å². The van der Waals surface area contributed by atoms with Crippen molar-refractivity contribution in [2.24, 2.45) is 0 Å². The summed E-state index contributed by atoms with van der Waals surface area (Å²) in [6, 6.07) is 9.79. The predicted octanol–water partition coefficient (Wildman–Crippen LogP) is 2.99. The molecule has 1 aliphatic rings. The quantitative estimate of drug-likeness (QED) is 0.768. The van der Waals surface area contributed by atoms with Crippen molar-refractivity contribution in [3.8, 4) is 0 Å². The molecule has 1 atom stereocenters. The second-order valence-electron chi connectivity index (χ2n) is 6.57. The van der Waals surface area contributed by atoms with Crippen molar-refractivity contribution < 1.29 is 4.79 Å². The van der Waals surface area contributed by atoms with Crippen LogP contribution in [0.5, 0.6) is 0 Å². The van der Waals surface area contributed by atoms with Gasteiger partial charge in [0, 0.05) is 13.1 Å². The maximum Gasteiger partial charge on any atom is 0.243 e. The third kappa shape index (κ3) is 3.26. The minimum atomic E-state index is -0.179. The molecule has 4 rings (SSSR count). The van der Waals surface area contributed by atoms with Crippen LogP contribution < -0.4 is 10.2 Å². The maximum absolute atomic E-state index is 12.7. The normalized spacial score (nSPS) is 17.0. The Labute approximate surface area is 156 Å². The third-order valence-corrected chi connectivity index (χ3v) is 5.73. The highest BCUT2D eigenvalue weighted by molar-refractivity contribution is 7.21. The number of rotatable bonds is 4. The smallest absolute Gasteiger partial charge is 0.243 e. The molecule has 1 fully saturated rings. The predicted molar refractivity (Wildman–Crippen MR) is 103 cm³/mol. The summed E-state index contributed by atoms with van der Waals surface area (Å²) in [7, 11) is 0. The van der Waals surface area contributed by atoms with Crippen molar-refractivity contribution in [2.75, 3.05) is 11.4 Å². The van der Waals surface area contributed by atoms with Crippen LogP contribution in [-0.4, -0.2) is 33.4 Å². The fourth-order valence-corrected chi connectivity index (χ4v) is 4.21. The molecule has 6 nitrogen and oxygen atoms in total. The second-order valence-corrected chi connectivity index (χ2v) is 7.53. The lowest BCUT2D eigenvalue weighted by atomic mass is 10.2. The SMILES string of the molecule is Cc1nc2nc(N3CCC[C@@H]3C(=O)NCc3ccccc3)sc2nc1C. The fraction of sp³-hybridized carbons (Fsp3) is 0.368. The van der Waals surface area contributed by atoms with Crippen LogP contribution in [0.4, 0.5) is 5.13 Å². The molecule has 1 aliphatic heterocycles. The number of anilines is 1. The number of carbonyl (C=O) groups is 1. The minimum absolute atomic E-state index is 0.0545. The first-order valence-corrected chi connectivity index (χ1v) is 9.63. The largest absolute Gasteiger partial charge is 0.350 e. The van der Waals surface area contributed by atoms with Crippen LogP contribution in [0.3, 0.4) is 0 Å². The number of nitrogens with one attached hydrogen (secondary N) is 1. The van der Waals surface area contributed by atoms with Gasteiger partial charge in [0.15, 0.2) is 15.6 Å². The lowest BCUT2D eigenvalue weighted by Crippen LogP contribution is -2.43. The zero-order chi connectivity index (χ0) is 18.1. The van der Waals surface area contributed by atoms with Crippen LogP contribution in [-0.2, 0) is 11.3 Å². The number of aryl methyl sites for hydroxylation is 2. The lowest BCUT2D eigenvalue weighted by molar-refractivity contribution is -0.122. The molecule has 0 saturated carbocycles. The number of fused-ring (bicyclic) bond motifs is 1. The van der Waals surface area contributed by atoms with E-state index in [4.69, 9.17) is 0 Å². The van der Waals surface area contributed by atoms with E-state index in [1.54, 1.807) is 0 Å². The van der Waals surface area contributed by atoms with Crippen LogP contribution in [0.25, 0.3) is 10.5 Å². The Morgan fingerprint density at radius 1 is 1.19 bits per heavy atom. The molecule has 134 valence electrons. The van der Waals surface area contributed by atoms with Crippen LogP contribution in [0.2, 0.25) is 0 Å². The van der Waals surface area contributed by atoms with Gasteiger partial charge in [0.05, 0.1) is 11.4 Å². The number of amides is 1. The number of benzene rings is 1. The van der Waals surface area contributed by atoms with E-state index in [1.807, 2.05) is 44.2 Å². The Kier molecular flexibility index (Phi) is 4.55. The van der Waals surface area contributed by atoms with Crippen molar-refractivity contribution in [1.82, 2.24) is 20.3 Å². The van der Waals surface area contributed by atoms with E-state index in [1.165, 1.54) is 11.3 Å². The van der Waals surface area contributed by atoms with Crippen molar-refractivity contribution in [2.45, 2.75) is 39.3 Å². The molecule has 7 heteroatoms. The number of thiazole rings is 1. The van der Waals surface area contributed by atoms with Gasteiger partial charge < -0.3 is 10.2 Å². The Bertz CT molecular complexity index is 901. The molecule has 0 aliphatic carbocycles.